The molecule has 1 atom stereocenters. The fourth-order valence-corrected chi connectivity index (χ4v) is 2.57. The summed E-state index contributed by atoms with van der Waals surface area (Å²) in [5, 5.41) is 0. The summed E-state index contributed by atoms with van der Waals surface area (Å²) in [6.07, 6.45) is 10.6. The molecular formula is C23H34N2O3. The van der Waals surface area contributed by atoms with Crippen molar-refractivity contribution in [3.8, 4) is 22.9 Å². The van der Waals surface area contributed by atoms with Crippen LogP contribution < -0.4 is 9.47 Å². The Balaban J connectivity index is 1.71. The van der Waals surface area contributed by atoms with Gasteiger partial charge in [0.05, 0.1) is 25.6 Å². The van der Waals surface area contributed by atoms with Crippen LogP contribution >= 0.6 is 0 Å². The Labute approximate surface area is 169 Å². The highest BCUT2D eigenvalue weighted by molar-refractivity contribution is 5.56. The molecule has 0 N–H and O–H groups in total. The summed E-state index contributed by atoms with van der Waals surface area (Å²) in [6, 6.07) is 7.87. The van der Waals surface area contributed by atoms with E-state index in [0.717, 1.165) is 37.4 Å². The average Bonchev–Trinajstić information content (AvgIpc) is 2.74. The SMILES string of the molecule is CCCCCCCOCOc1cnc(-c2ccc(OCC(C)CC)cc2)nc1. The lowest BCUT2D eigenvalue weighted by Gasteiger charge is -2.11. The van der Waals surface area contributed by atoms with Gasteiger partial charge in [0, 0.05) is 5.56 Å². The Morgan fingerprint density at radius 1 is 0.857 bits per heavy atom. The summed E-state index contributed by atoms with van der Waals surface area (Å²) in [4.78, 5) is 8.76. The Hall–Kier alpha value is -2.14. The van der Waals surface area contributed by atoms with Crippen LogP contribution in [-0.2, 0) is 4.74 Å². The molecule has 154 valence electrons. The highest BCUT2D eigenvalue weighted by atomic mass is 16.7. The quantitative estimate of drug-likeness (QED) is 0.299. The first kappa shape index (κ1) is 22.2. The van der Waals surface area contributed by atoms with Crippen LogP contribution in [-0.4, -0.2) is 30.0 Å². The molecule has 1 heterocycles. The molecule has 28 heavy (non-hydrogen) atoms. The molecule has 5 heteroatoms. The predicted molar refractivity (Wildman–Crippen MR) is 113 cm³/mol. The van der Waals surface area contributed by atoms with E-state index in [9.17, 15) is 0 Å². The third kappa shape index (κ3) is 8.26. The molecule has 0 spiro atoms. The van der Waals surface area contributed by atoms with Crippen LogP contribution in [0.1, 0.15) is 59.3 Å². The molecule has 0 aliphatic carbocycles. The standard InChI is InChI=1S/C23H34N2O3/c1-4-6-7-8-9-14-26-18-28-22-15-24-23(25-16-22)20-10-12-21(13-11-20)27-17-19(3)5-2/h10-13,15-16,19H,4-9,14,17-18H2,1-3H3. The minimum Gasteiger partial charge on any atom is -0.493 e. The molecule has 0 amide bonds. The second-order valence-electron chi connectivity index (χ2n) is 7.18. The highest BCUT2D eigenvalue weighted by Gasteiger charge is 2.04. The van der Waals surface area contributed by atoms with Gasteiger partial charge in [0.25, 0.3) is 0 Å². The van der Waals surface area contributed by atoms with Gasteiger partial charge in [-0.2, -0.15) is 0 Å². The normalized spacial score (nSPS) is 12.0. The van der Waals surface area contributed by atoms with Gasteiger partial charge in [-0.15, -0.1) is 0 Å². The maximum Gasteiger partial charge on any atom is 0.189 e. The molecule has 0 radical (unpaired) electrons. The summed E-state index contributed by atoms with van der Waals surface area (Å²) in [6.45, 7) is 8.27. The van der Waals surface area contributed by atoms with Crippen molar-refractivity contribution in [1.29, 1.82) is 0 Å². The summed E-state index contributed by atoms with van der Waals surface area (Å²) in [5.74, 6) is 2.71. The Morgan fingerprint density at radius 3 is 2.25 bits per heavy atom. The van der Waals surface area contributed by atoms with E-state index >= 15 is 0 Å². The molecule has 1 aromatic heterocycles. The van der Waals surface area contributed by atoms with Crippen molar-refractivity contribution >= 4 is 0 Å². The fraction of sp³-hybridized carbons (Fsp3) is 0.565. The zero-order valence-electron chi connectivity index (χ0n) is 17.5. The fourth-order valence-electron chi connectivity index (χ4n) is 2.57. The van der Waals surface area contributed by atoms with Crippen LogP contribution in [0.2, 0.25) is 0 Å². The number of aromatic nitrogens is 2. The number of ether oxygens (including phenoxy) is 3. The van der Waals surface area contributed by atoms with Crippen LogP contribution in [0.15, 0.2) is 36.7 Å². The Bertz CT molecular complexity index is 644. The van der Waals surface area contributed by atoms with Gasteiger partial charge in [-0.05, 0) is 36.6 Å². The zero-order valence-corrected chi connectivity index (χ0v) is 17.5. The Morgan fingerprint density at radius 2 is 1.57 bits per heavy atom. The second-order valence-corrected chi connectivity index (χ2v) is 7.18. The van der Waals surface area contributed by atoms with Gasteiger partial charge in [-0.1, -0.05) is 52.9 Å². The maximum atomic E-state index is 5.79. The van der Waals surface area contributed by atoms with Crippen LogP contribution in [0.4, 0.5) is 0 Å². The van der Waals surface area contributed by atoms with E-state index in [4.69, 9.17) is 14.2 Å². The van der Waals surface area contributed by atoms with E-state index in [1.54, 1.807) is 12.4 Å². The van der Waals surface area contributed by atoms with Crippen molar-refractivity contribution in [2.24, 2.45) is 5.92 Å². The van der Waals surface area contributed by atoms with E-state index < -0.39 is 0 Å². The molecule has 1 unspecified atom stereocenters. The van der Waals surface area contributed by atoms with Gasteiger partial charge in [0.15, 0.2) is 18.4 Å². The van der Waals surface area contributed by atoms with E-state index in [2.05, 4.69) is 30.7 Å². The summed E-state index contributed by atoms with van der Waals surface area (Å²) in [5.41, 5.74) is 0.950. The lowest BCUT2D eigenvalue weighted by atomic mass is 10.1. The molecule has 2 aromatic rings. The number of nitrogens with zero attached hydrogens (tertiary/aromatic N) is 2. The lowest BCUT2D eigenvalue weighted by molar-refractivity contribution is 0.0131. The topological polar surface area (TPSA) is 53.5 Å². The molecule has 0 fully saturated rings. The number of unbranched alkanes of at least 4 members (excludes halogenated alkanes) is 4. The molecule has 0 saturated carbocycles. The van der Waals surface area contributed by atoms with E-state index in [0.29, 0.717) is 17.5 Å². The average molecular weight is 387 g/mol. The van der Waals surface area contributed by atoms with Gasteiger partial charge < -0.3 is 14.2 Å². The van der Waals surface area contributed by atoms with Gasteiger partial charge in [0.2, 0.25) is 0 Å². The molecule has 5 nitrogen and oxygen atoms in total. The number of rotatable bonds is 14. The van der Waals surface area contributed by atoms with Gasteiger partial charge >= 0.3 is 0 Å². The van der Waals surface area contributed by atoms with Crippen molar-refractivity contribution in [3.05, 3.63) is 36.7 Å². The smallest absolute Gasteiger partial charge is 0.189 e. The van der Waals surface area contributed by atoms with Crippen LogP contribution in [0.3, 0.4) is 0 Å². The molecule has 2 rings (SSSR count). The third-order valence-electron chi connectivity index (χ3n) is 4.67. The maximum absolute atomic E-state index is 5.79. The summed E-state index contributed by atoms with van der Waals surface area (Å²) < 4.78 is 16.8. The first-order chi connectivity index (χ1) is 13.7. The summed E-state index contributed by atoms with van der Waals surface area (Å²) >= 11 is 0. The predicted octanol–water partition coefficient (Wildman–Crippen LogP) is 5.89. The van der Waals surface area contributed by atoms with E-state index in [1.165, 1.54) is 25.7 Å². The van der Waals surface area contributed by atoms with E-state index in [-0.39, 0.29) is 6.79 Å². The first-order valence-corrected chi connectivity index (χ1v) is 10.5. The second kappa shape index (κ2) is 13.1. The zero-order chi connectivity index (χ0) is 20.0. The first-order valence-electron chi connectivity index (χ1n) is 10.5. The largest absolute Gasteiger partial charge is 0.493 e. The van der Waals surface area contributed by atoms with Crippen molar-refractivity contribution < 1.29 is 14.2 Å². The van der Waals surface area contributed by atoms with Gasteiger partial charge in [-0.3, -0.25) is 0 Å². The minimum absolute atomic E-state index is 0.235. The monoisotopic (exact) mass is 386 g/mol. The van der Waals surface area contributed by atoms with Crippen LogP contribution in [0.25, 0.3) is 11.4 Å². The molecule has 0 bridgehead atoms. The van der Waals surface area contributed by atoms with Crippen molar-refractivity contribution in [3.63, 3.8) is 0 Å². The Kier molecular flexibility index (Phi) is 10.4. The van der Waals surface area contributed by atoms with Gasteiger partial charge in [0.1, 0.15) is 5.75 Å². The number of hydrogen-bond acceptors (Lipinski definition) is 5. The molecule has 0 saturated heterocycles. The van der Waals surface area contributed by atoms with Crippen LogP contribution in [0, 0.1) is 5.92 Å². The van der Waals surface area contributed by atoms with Crippen molar-refractivity contribution in [2.75, 3.05) is 20.0 Å². The lowest BCUT2D eigenvalue weighted by Crippen LogP contribution is -2.07. The summed E-state index contributed by atoms with van der Waals surface area (Å²) in [7, 11) is 0. The van der Waals surface area contributed by atoms with Gasteiger partial charge in [-0.25, -0.2) is 9.97 Å². The van der Waals surface area contributed by atoms with Crippen LogP contribution in [0.5, 0.6) is 11.5 Å². The molecule has 1 aromatic carbocycles. The minimum atomic E-state index is 0.235. The third-order valence-corrected chi connectivity index (χ3v) is 4.67. The molecule has 0 aliphatic rings. The molecular weight excluding hydrogens is 352 g/mol. The number of benzene rings is 1. The van der Waals surface area contributed by atoms with Crippen molar-refractivity contribution in [1.82, 2.24) is 9.97 Å². The molecule has 0 aliphatic heterocycles. The van der Waals surface area contributed by atoms with Crippen molar-refractivity contribution in [2.45, 2.75) is 59.3 Å². The highest BCUT2D eigenvalue weighted by Crippen LogP contribution is 2.21. The number of hydrogen-bond donors (Lipinski definition) is 0. The van der Waals surface area contributed by atoms with E-state index in [1.807, 2.05) is 24.3 Å².